The van der Waals surface area contributed by atoms with E-state index < -0.39 is 31.4 Å². The van der Waals surface area contributed by atoms with E-state index in [0.717, 1.165) is 10.1 Å². The molecule has 0 amide bonds. The standard InChI is InChI=1S/C21H29N2O8P/c1-3-29-32(26,30-4-2)16-28-20-11-10-19(31-20)22-13-12-18(24)23(21(22)25)15-27-14-17-8-6-5-7-9-17/h5-9,12-13,19-20H,3-4,10-11,14-16H2,1-2H3. The number of ether oxygens (including phenoxy) is 3. The van der Waals surface area contributed by atoms with Gasteiger partial charge in [-0.1, -0.05) is 30.3 Å². The number of rotatable bonds is 12. The fourth-order valence-electron chi connectivity index (χ4n) is 3.30. The summed E-state index contributed by atoms with van der Waals surface area (Å²) in [6.45, 7) is 4.01. The molecule has 0 radical (unpaired) electrons. The summed E-state index contributed by atoms with van der Waals surface area (Å²) in [6.07, 6.45) is 0.841. The zero-order valence-electron chi connectivity index (χ0n) is 18.3. The van der Waals surface area contributed by atoms with E-state index >= 15 is 0 Å². The van der Waals surface area contributed by atoms with Gasteiger partial charge in [0.25, 0.3) is 5.56 Å². The van der Waals surface area contributed by atoms with Crippen LogP contribution in [-0.2, 0) is 41.2 Å². The lowest BCUT2D eigenvalue weighted by Crippen LogP contribution is -2.41. The van der Waals surface area contributed by atoms with E-state index in [1.807, 2.05) is 30.3 Å². The van der Waals surface area contributed by atoms with Crippen LogP contribution >= 0.6 is 7.60 Å². The Morgan fingerprint density at radius 2 is 1.78 bits per heavy atom. The van der Waals surface area contributed by atoms with Crippen LogP contribution < -0.4 is 11.2 Å². The highest BCUT2D eigenvalue weighted by Crippen LogP contribution is 2.48. The Kier molecular flexibility index (Phi) is 8.98. The Morgan fingerprint density at radius 1 is 1.06 bits per heavy atom. The van der Waals surface area contributed by atoms with Gasteiger partial charge in [-0.25, -0.2) is 9.36 Å². The van der Waals surface area contributed by atoms with E-state index in [9.17, 15) is 14.2 Å². The molecule has 1 aromatic heterocycles. The predicted octanol–water partition coefficient (Wildman–Crippen LogP) is 3.06. The fourth-order valence-corrected chi connectivity index (χ4v) is 4.65. The van der Waals surface area contributed by atoms with Crippen molar-refractivity contribution >= 4 is 7.60 Å². The number of hydrogen-bond donors (Lipinski definition) is 0. The van der Waals surface area contributed by atoms with Crippen molar-refractivity contribution in [1.29, 1.82) is 0 Å². The maximum atomic E-state index is 12.9. The van der Waals surface area contributed by atoms with Crippen LogP contribution in [0.5, 0.6) is 0 Å². The average molecular weight is 468 g/mol. The first-order valence-electron chi connectivity index (χ1n) is 10.5. The molecule has 10 nitrogen and oxygen atoms in total. The van der Waals surface area contributed by atoms with Gasteiger partial charge in [0.1, 0.15) is 13.0 Å². The highest BCUT2D eigenvalue weighted by atomic mass is 31.2. The Balaban J connectivity index is 1.61. The molecule has 2 atom stereocenters. The molecule has 32 heavy (non-hydrogen) atoms. The molecular formula is C21H29N2O8P. The molecule has 1 aromatic carbocycles. The Hall–Kier alpha value is -2.07. The second-order valence-electron chi connectivity index (χ2n) is 7.07. The first-order chi connectivity index (χ1) is 15.5. The van der Waals surface area contributed by atoms with Gasteiger partial charge < -0.3 is 23.3 Å². The smallest absolute Gasteiger partial charge is 0.356 e. The molecule has 0 spiro atoms. The van der Waals surface area contributed by atoms with Crippen LogP contribution in [0.25, 0.3) is 0 Å². The van der Waals surface area contributed by atoms with Crippen molar-refractivity contribution in [2.24, 2.45) is 0 Å². The largest absolute Gasteiger partial charge is 0.356 e. The van der Waals surface area contributed by atoms with Crippen LogP contribution in [0.15, 0.2) is 52.2 Å². The van der Waals surface area contributed by atoms with Gasteiger partial charge in [-0.05, 0) is 25.8 Å². The topological polar surface area (TPSA) is 107 Å². The summed E-state index contributed by atoms with van der Waals surface area (Å²) in [5.74, 6) is 0. The highest BCUT2D eigenvalue weighted by molar-refractivity contribution is 7.53. The van der Waals surface area contributed by atoms with Gasteiger partial charge in [0.2, 0.25) is 0 Å². The highest BCUT2D eigenvalue weighted by Gasteiger charge is 2.32. The Bertz CT molecular complexity index is 1010. The molecule has 0 N–H and O–H groups in total. The SMILES string of the molecule is CCOP(=O)(COC1CCC(n2ccc(=O)n(COCc3ccccc3)c2=O)O1)OCC. The zero-order chi connectivity index (χ0) is 23.0. The first-order valence-corrected chi connectivity index (χ1v) is 12.3. The molecule has 1 saturated heterocycles. The van der Waals surface area contributed by atoms with E-state index in [1.54, 1.807) is 13.8 Å². The Labute approximate surface area is 186 Å². The van der Waals surface area contributed by atoms with Gasteiger partial charge in [-0.3, -0.25) is 13.9 Å². The van der Waals surface area contributed by atoms with Crippen LogP contribution in [0.1, 0.15) is 38.5 Å². The summed E-state index contributed by atoms with van der Waals surface area (Å²) in [5.41, 5.74) is -0.0580. The average Bonchev–Trinajstić information content (AvgIpc) is 3.25. The predicted molar refractivity (Wildman–Crippen MR) is 116 cm³/mol. The van der Waals surface area contributed by atoms with Gasteiger partial charge in [0, 0.05) is 18.7 Å². The lowest BCUT2D eigenvalue weighted by Gasteiger charge is -2.20. The molecule has 0 saturated carbocycles. The quantitative estimate of drug-likeness (QED) is 0.438. The van der Waals surface area contributed by atoms with Crippen molar-refractivity contribution < 1.29 is 27.8 Å². The van der Waals surface area contributed by atoms with Crippen molar-refractivity contribution in [1.82, 2.24) is 9.13 Å². The third kappa shape index (κ3) is 6.48. The number of benzene rings is 1. The van der Waals surface area contributed by atoms with Crippen molar-refractivity contribution in [3.63, 3.8) is 0 Å². The third-order valence-corrected chi connectivity index (χ3v) is 6.53. The van der Waals surface area contributed by atoms with Crippen molar-refractivity contribution in [3.05, 3.63) is 69.0 Å². The summed E-state index contributed by atoms with van der Waals surface area (Å²) in [7, 11) is -3.36. The zero-order valence-corrected chi connectivity index (χ0v) is 19.1. The second kappa shape index (κ2) is 11.7. The number of nitrogens with zero attached hydrogens (tertiary/aromatic N) is 2. The fraction of sp³-hybridized carbons (Fsp3) is 0.524. The molecule has 3 rings (SSSR count). The number of aromatic nitrogens is 2. The van der Waals surface area contributed by atoms with Crippen molar-refractivity contribution in [2.75, 3.05) is 19.6 Å². The summed E-state index contributed by atoms with van der Waals surface area (Å²) >= 11 is 0. The molecule has 176 valence electrons. The normalized spacial score (nSPS) is 18.8. The summed E-state index contributed by atoms with van der Waals surface area (Å²) in [6, 6.07) is 10.8. The molecule has 1 aliphatic rings. The molecule has 2 unspecified atom stereocenters. The van der Waals surface area contributed by atoms with E-state index in [1.165, 1.54) is 16.8 Å². The maximum Gasteiger partial charge on any atom is 0.356 e. The molecule has 0 bridgehead atoms. The van der Waals surface area contributed by atoms with Crippen molar-refractivity contribution in [3.8, 4) is 0 Å². The van der Waals surface area contributed by atoms with Crippen LogP contribution in [0.3, 0.4) is 0 Å². The minimum absolute atomic E-state index is 0.175. The van der Waals surface area contributed by atoms with Crippen LogP contribution in [-0.4, -0.2) is 35.0 Å². The van der Waals surface area contributed by atoms with Gasteiger partial charge in [-0.15, -0.1) is 0 Å². The summed E-state index contributed by atoms with van der Waals surface area (Å²) in [5, 5.41) is 0. The van der Waals surface area contributed by atoms with Gasteiger partial charge >= 0.3 is 13.3 Å². The molecule has 2 heterocycles. The molecule has 1 fully saturated rings. The molecular weight excluding hydrogens is 439 g/mol. The van der Waals surface area contributed by atoms with Crippen LogP contribution in [0.4, 0.5) is 0 Å². The number of hydrogen-bond acceptors (Lipinski definition) is 8. The van der Waals surface area contributed by atoms with Crippen molar-refractivity contribution in [2.45, 2.75) is 52.5 Å². The molecule has 11 heteroatoms. The Morgan fingerprint density at radius 3 is 2.47 bits per heavy atom. The maximum absolute atomic E-state index is 12.9. The summed E-state index contributed by atoms with van der Waals surface area (Å²) in [4.78, 5) is 25.0. The first kappa shape index (κ1) is 24.6. The van der Waals surface area contributed by atoms with Gasteiger partial charge in [0.15, 0.2) is 12.6 Å². The summed E-state index contributed by atoms with van der Waals surface area (Å²) < 4.78 is 42.2. The lowest BCUT2D eigenvalue weighted by molar-refractivity contribution is -0.143. The molecule has 1 aliphatic heterocycles. The minimum atomic E-state index is -3.36. The third-order valence-electron chi connectivity index (χ3n) is 4.77. The molecule has 2 aromatic rings. The van der Waals surface area contributed by atoms with E-state index in [4.69, 9.17) is 23.3 Å². The van der Waals surface area contributed by atoms with Gasteiger partial charge in [0.05, 0.1) is 19.8 Å². The second-order valence-corrected chi connectivity index (χ2v) is 9.07. The van der Waals surface area contributed by atoms with E-state index in [2.05, 4.69) is 0 Å². The lowest BCUT2D eigenvalue weighted by atomic mass is 10.2. The van der Waals surface area contributed by atoms with Gasteiger partial charge in [-0.2, -0.15) is 0 Å². The monoisotopic (exact) mass is 468 g/mol. The van der Waals surface area contributed by atoms with Crippen LogP contribution in [0, 0.1) is 0 Å². The van der Waals surface area contributed by atoms with E-state index in [-0.39, 0.29) is 32.9 Å². The molecule has 0 aliphatic carbocycles. The van der Waals surface area contributed by atoms with E-state index in [0.29, 0.717) is 12.8 Å². The van der Waals surface area contributed by atoms with Crippen LogP contribution in [0.2, 0.25) is 0 Å². The minimum Gasteiger partial charge on any atom is -0.356 e.